The van der Waals surface area contributed by atoms with E-state index in [9.17, 15) is 4.39 Å². The highest BCUT2D eigenvalue weighted by atomic mass is 19.1. The van der Waals surface area contributed by atoms with Gasteiger partial charge in [0.1, 0.15) is 11.6 Å². The van der Waals surface area contributed by atoms with Gasteiger partial charge in [-0.15, -0.1) is 0 Å². The van der Waals surface area contributed by atoms with Gasteiger partial charge < -0.3 is 5.73 Å². The molecule has 2 N–H and O–H groups in total. The third-order valence-electron chi connectivity index (χ3n) is 2.75. The number of fused-ring (bicyclic) bond motifs is 1. The third-order valence-corrected chi connectivity index (χ3v) is 2.75. The van der Waals surface area contributed by atoms with E-state index in [-0.39, 0.29) is 5.82 Å². The summed E-state index contributed by atoms with van der Waals surface area (Å²) in [5.74, 6) is 0.315. The van der Waals surface area contributed by atoms with Gasteiger partial charge >= 0.3 is 0 Å². The van der Waals surface area contributed by atoms with Crippen LogP contribution in [-0.4, -0.2) is 9.97 Å². The van der Waals surface area contributed by atoms with Crippen molar-refractivity contribution < 1.29 is 4.39 Å². The fourth-order valence-electron chi connectivity index (χ4n) is 1.86. The topological polar surface area (TPSA) is 51.8 Å². The molecule has 4 heteroatoms. The summed E-state index contributed by atoms with van der Waals surface area (Å²) in [7, 11) is 0. The average molecular weight is 239 g/mol. The largest absolute Gasteiger partial charge is 0.383 e. The maximum absolute atomic E-state index is 13.7. The van der Waals surface area contributed by atoms with E-state index in [1.54, 1.807) is 18.2 Å². The molecule has 88 valence electrons. The van der Waals surface area contributed by atoms with Crippen molar-refractivity contribution in [3.05, 3.63) is 54.3 Å². The van der Waals surface area contributed by atoms with Gasteiger partial charge in [-0.1, -0.05) is 24.3 Å². The van der Waals surface area contributed by atoms with Crippen molar-refractivity contribution in [2.45, 2.75) is 0 Å². The smallest absolute Gasteiger partial charge is 0.165 e. The Hall–Kier alpha value is -2.49. The summed E-state index contributed by atoms with van der Waals surface area (Å²) in [4.78, 5) is 8.50. The van der Waals surface area contributed by atoms with Crippen molar-refractivity contribution in [1.82, 2.24) is 9.97 Å². The third kappa shape index (κ3) is 1.68. The van der Waals surface area contributed by atoms with E-state index in [0.717, 1.165) is 5.39 Å². The molecule has 0 bridgehead atoms. The van der Waals surface area contributed by atoms with E-state index in [0.29, 0.717) is 22.7 Å². The Kier molecular flexibility index (Phi) is 2.41. The first kappa shape index (κ1) is 10.7. The molecule has 0 saturated carbocycles. The average Bonchev–Trinajstić information content (AvgIpc) is 2.39. The molecule has 1 aromatic heterocycles. The molecule has 0 unspecified atom stereocenters. The molecule has 0 fully saturated rings. The summed E-state index contributed by atoms with van der Waals surface area (Å²) in [6.45, 7) is 0. The first-order valence-electron chi connectivity index (χ1n) is 5.53. The van der Waals surface area contributed by atoms with Crippen LogP contribution in [0.5, 0.6) is 0 Å². The second kappa shape index (κ2) is 4.07. The van der Waals surface area contributed by atoms with Gasteiger partial charge in [0.2, 0.25) is 0 Å². The highest BCUT2D eigenvalue weighted by molar-refractivity contribution is 5.89. The zero-order valence-corrected chi connectivity index (χ0v) is 9.47. The number of para-hydroxylation sites is 1. The van der Waals surface area contributed by atoms with Crippen molar-refractivity contribution in [3.63, 3.8) is 0 Å². The molecular formula is C14H10FN3. The predicted octanol–water partition coefficient (Wildman–Crippen LogP) is 3.02. The number of benzene rings is 2. The number of anilines is 1. The lowest BCUT2D eigenvalue weighted by atomic mass is 10.1. The van der Waals surface area contributed by atoms with Crippen LogP contribution in [0.3, 0.4) is 0 Å². The Morgan fingerprint density at radius 1 is 0.889 bits per heavy atom. The molecule has 3 nitrogen and oxygen atoms in total. The van der Waals surface area contributed by atoms with Gasteiger partial charge in [-0.05, 0) is 24.3 Å². The molecule has 18 heavy (non-hydrogen) atoms. The zero-order valence-electron chi connectivity index (χ0n) is 9.47. The molecule has 0 saturated heterocycles. The predicted molar refractivity (Wildman–Crippen MR) is 69.3 cm³/mol. The zero-order chi connectivity index (χ0) is 12.5. The van der Waals surface area contributed by atoms with Crippen molar-refractivity contribution in [2.75, 3.05) is 5.73 Å². The first-order chi connectivity index (χ1) is 8.75. The minimum absolute atomic E-state index is 0.310. The fourth-order valence-corrected chi connectivity index (χ4v) is 1.86. The van der Waals surface area contributed by atoms with Crippen LogP contribution in [-0.2, 0) is 0 Å². The molecule has 0 atom stereocenters. The van der Waals surface area contributed by atoms with Crippen molar-refractivity contribution in [1.29, 1.82) is 0 Å². The summed E-state index contributed by atoms with van der Waals surface area (Å²) < 4.78 is 13.7. The van der Waals surface area contributed by atoms with Crippen LogP contribution in [0.25, 0.3) is 22.3 Å². The fraction of sp³-hybridized carbons (Fsp3) is 0. The second-order valence-electron chi connectivity index (χ2n) is 3.93. The monoisotopic (exact) mass is 239 g/mol. The number of aromatic nitrogens is 2. The van der Waals surface area contributed by atoms with Gasteiger partial charge in [-0.3, -0.25) is 0 Å². The summed E-state index contributed by atoms with van der Waals surface area (Å²) in [6, 6.07) is 13.8. The van der Waals surface area contributed by atoms with E-state index in [2.05, 4.69) is 9.97 Å². The Bertz CT molecular complexity index is 725. The quantitative estimate of drug-likeness (QED) is 0.710. The Morgan fingerprint density at radius 3 is 2.44 bits per heavy atom. The molecule has 0 aliphatic rings. The van der Waals surface area contributed by atoms with E-state index in [1.807, 2.05) is 24.3 Å². The minimum atomic E-state index is -0.354. The summed E-state index contributed by atoms with van der Waals surface area (Å²) in [6.07, 6.45) is 0. The minimum Gasteiger partial charge on any atom is -0.383 e. The summed E-state index contributed by atoms with van der Waals surface area (Å²) in [5.41, 5.74) is 6.94. The molecule has 0 aliphatic heterocycles. The number of nitrogens with zero attached hydrogens (tertiary/aromatic N) is 2. The molecule has 3 rings (SSSR count). The summed E-state index contributed by atoms with van der Waals surface area (Å²) >= 11 is 0. The van der Waals surface area contributed by atoms with Crippen LogP contribution >= 0.6 is 0 Å². The number of hydrogen-bond acceptors (Lipinski definition) is 3. The van der Waals surface area contributed by atoms with Crippen molar-refractivity contribution in [3.8, 4) is 11.4 Å². The lowest BCUT2D eigenvalue weighted by Gasteiger charge is -2.05. The first-order valence-corrected chi connectivity index (χ1v) is 5.53. The Morgan fingerprint density at radius 2 is 1.61 bits per heavy atom. The number of halogens is 1. The molecule has 0 radical (unpaired) electrons. The van der Waals surface area contributed by atoms with Gasteiger partial charge in [0.15, 0.2) is 5.82 Å². The number of hydrogen-bond donors (Lipinski definition) is 1. The van der Waals surface area contributed by atoms with Crippen LogP contribution in [0.2, 0.25) is 0 Å². The van der Waals surface area contributed by atoms with Gasteiger partial charge in [-0.25, -0.2) is 14.4 Å². The van der Waals surface area contributed by atoms with E-state index in [4.69, 9.17) is 5.73 Å². The van der Waals surface area contributed by atoms with Crippen molar-refractivity contribution >= 4 is 16.7 Å². The van der Waals surface area contributed by atoms with E-state index < -0.39 is 0 Å². The van der Waals surface area contributed by atoms with Crippen LogP contribution < -0.4 is 5.73 Å². The number of rotatable bonds is 1. The molecule has 0 spiro atoms. The lowest BCUT2D eigenvalue weighted by Crippen LogP contribution is -1.98. The lowest BCUT2D eigenvalue weighted by molar-refractivity contribution is 0.630. The van der Waals surface area contributed by atoms with Gasteiger partial charge in [0, 0.05) is 5.39 Å². The Labute approximate surface area is 103 Å². The molecule has 0 amide bonds. The van der Waals surface area contributed by atoms with Crippen LogP contribution in [0.1, 0.15) is 0 Å². The highest BCUT2D eigenvalue weighted by Crippen LogP contribution is 2.24. The second-order valence-corrected chi connectivity index (χ2v) is 3.93. The summed E-state index contributed by atoms with van der Waals surface area (Å²) in [5, 5.41) is 0.776. The highest BCUT2D eigenvalue weighted by Gasteiger charge is 2.10. The molecule has 3 aromatic rings. The van der Waals surface area contributed by atoms with Gasteiger partial charge in [0.25, 0.3) is 0 Å². The van der Waals surface area contributed by atoms with Crippen molar-refractivity contribution in [2.24, 2.45) is 0 Å². The van der Waals surface area contributed by atoms with Gasteiger partial charge in [-0.2, -0.15) is 0 Å². The van der Waals surface area contributed by atoms with Crippen LogP contribution in [0.15, 0.2) is 48.5 Å². The van der Waals surface area contributed by atoms with Gasteiger partial charge in [0.05, 0.1) is 11.1 Å². The maximum atomic E-state index is 13.7. The standard InChI is InChI=1S/C14H10FN3/c15-11-7-3-1-5-9(11)14-17-12-8-4-2-6-10(12)13(16)18-14/h1-8H,(H2,16,17,18). The van der Waals surface area contributed by atoms with E-state index in [1.165, 1.54) is 6.07 Å². The van der Waals surface area contributed by atoms with E-state index >= 15 is 0 Å². The molecule has 1 heterocycles. The molecule has 2 aromatic carbocycles. The van der Waals surface area contributed by atoms with Crippen LogP contribution in [0, 0.1) is 5.82 Å². The molecular weight excluding hydrogens is 229 g/mol. The normalized spacial score (nSPS) is 10.7. The molecule has 0 aliphatic carbocycles. The maximum Gasteiger partial charge on any atom is 0.165 e. The number of nitrogens with two attached hydrogens (primary N) is 1. The Balaban J connectivity index is 2.28. The van der Waals surface area contributed by atoms with Crippen LogP contribution in [0.4, 0.5) is 10.2 Å². The number of nitrogen functional groups attached to an aromatic ring is 1. The SMILES string of the molecule is Nc1nc(-c2ccccc2F)nc2ccccc12.